The molecule has 0 radical (unpaired) electrons. The van der Waals surface area contributed by atoms with E-state index in [-0.39, 0.29) is 5.82 Å². The molecule has 0 aromatic heterocycles. The van der Waals surface area contributed by atoms with Gasteiger partial charge in [0.1, 0.15) is 6.61 Å². The van der Waals surface area contributed by atoms with E-state index in [0.717, 1.165) is 11.1 Å². The standard InChI is InChI=1S/C17H18BrFO/c1-11-7-12(2)15(13(3)8-11)10-20-17-14(9-18)5-4-6-16(17)19/h4-8H,9-10H2,1-3H3. The molecule has 2 aromatic rings. The fraction of sp³-hybridized carbons (Fsp3) is 0.294. The number of hydrogen-bond donors (Lipinski definition) is 0. The third kappa shape index (κ3) is 3.21. The molecule has 0 amide bonds. The van der Waals surface area contributed by atoms with Crippen LogP contribution in [0.25, 0.3) is 0 Å². The zero-order chi connectivity index (χ0) is 14.7. The summed E-state index contributed by atoms with van der Waals surface area (Å²) in [5.41, 5.74) is 5.54. The highest BCUT2D eigenvalue weighted by atomic mass is 79.9. The molecule has 20 heavy (non-hydrogen) atoms. The van der Waals surface area contributed by atoms with E-state index in [0.29, 0.717) is 17.7 Å². The first-order valence-corrected chi connectivity index (χ1v) is 7.68. The first-order chi connectivity index (χ1) is 9.52. The lowest BCUT2D eigenvalue weighted by atomic mass is 10.0. The maximum absolute atomic E-state index is 13.9. The Balaban J connectivity index is 2.26. The summed E-state index contributed by atoms with van der Waals surface area (Å²) in [6, 6.07) is 9.23. The average molecular weight is 337 g/mol. The van der Waals surface area contributed by atoms with Crippen LogP contribution in [-0.4, -0.2) is 0 Å². The Kier molecular flexibility index (Phi) is 4.81. The predicted octanol–water partition coefficient (Wildman–Crippen LogP) is 5.22. The second-order valence-electron chi connectivity index (χ2n) is 5.03. The predicted molar refractivity (Wildman–Crippen MR) is 84.0 cm³/mol. The molecule has 0 saturated heterocycles. The smallest absolute Gasteiger partial charge is 0.165 e. The minimum absolute atomic E-state index is 0.315. The van der Waals surface area contributed by atoms with Gasteiger partial charge in [-0.2, -0.15) is 0 Å². The van der Waals surface area contributed by atoms with E-state index in [9.17, 15) is 4.39 Å². The van der Waals surface area contributed by atoms with Gasteiger partial charge in [-0.05, 0) is 43.5 Å². The topological polar surface area (TPSA) is 9.23 Å². The van der Waals surface area contributed by atoms with Crippen LogP contribution in [0, 0.1) is 26.6 Å². The molecule has 0 bridgehead atoms. The van der Waals surface area contributed by atoms with E-state index < -0.39 is 0 Å². The Bertz CT molecular complexity index is 599. The molecule has 0 unspecified atom stereocenters. The number of halogens is 2. The molecule has 0 aliphatic heterocycles. The molecule has 106 valence electrons. The summed E-state index contributed by atoms with van der Waals surface area (Å²) in [6.07, 6.45) is 0. The van der Waals surface area contributed by atoms with Crippen molar-refractivity contribution in [3.63, 3.8) is 0 Å². The van der Waals surface area contributed by atoms with E-state index in [4.69, 9.17) is 4.74 Å². The highest BCUT2D eigenvalue weighted by molar-refractivity contribution is 9.08. The minimum Gasteiger partial charge on any atom is -0.485 e. The third-order valence-corrected chi connectivity index (χ3v) is 4.00. The van der Waals surface area contributed by atoms with Crippen molar-refractivity contribution in [3.8, 4) is 5.75 Å². The van der Waals surface area contributed by atoms with Crippen LogP contribution >= 0.6 is 15.9 Å². The summed E-state index contributed by atoms with van der Waals surface area (Å²) in [5.74, 6) is 0.0214. The zero-order valence-corrected chi connectivity index (χ0v) is 13.6. The molecule has 2 rings (SSSR count). The van der Waals surface area contributed by atoms with Crippen LogP contribution in [0.2, 0.25) is 0 Å². The largest absolute Gasteiger partial charge is 0.485 e. The van der Waals surface area contributed by atoms with E-state index in [1.807, 2.05) is 6.07 Å². The van der Waals surface area contributed by atoms with Gasteiger partial charge in [0.05, 0.1) is 0 Å². The van der Waals surface area contributed by atoms with Gasteiger partial charge in [0.2, 0.25) is 0 Å². The zero-order valence-electron chi connectivity index (χ0n) is 12.0. The summed E-state index contributed by atoms with van der Waals surface area (Å²) in [4.78, 5) is 0. The second-order valence-corrected chi connectivity index (χ2v) is 5.59. The van der Waals surface area contributed by atoms with Crippen molar-refractivity contribution in [1.82, 2.24) is 0 Å². The number of rotatable bonds is 4. The van der Waals surface area contributed by atoms with Crippen LogP contribution in [0.4, 0.5) is 4.39 Å². The molecule has 0 fully saturated rings. The molecule has 0 atom stereocenters. The van der Waals surface area contributed by atoms with Gasteiger partial charge in [-0.15, -0.1) is 0 Å². The van der Waals surface area contributed by atoms with Gasteiger partial charge in [0, 0.05) is 10.9 Å². The summed E-state index contributed by atoms with van der Waals surface area (Å²) in [5, 5.41) is 0.575. The van der Waals surface area contributed by atoms with Crippen molar-refractivity contribution in [3.05, 3.63) is 64.0 Å². The second kappa shape index (κ2) is 6.40. The number of aryl methyl sites for hydroxylation is 3. The number of ether oxygens (including phenoxy) is 1. The molecule has 0 N–H and O–H groups in total. The Labute approximate surface area is 127 Å². The van der Waals surface area contributed by atoms with E-state index in [2.05, 4.69) is 48.8 Å². The highest BCUT2D eigenvalue weighted by Gasteiger charge is 2.11. The highest BCUT2D eigenvalue weighted by Crippen LogP contribution is 2.27. The molecule has 2 aromatic carbocycles. The van der Waals surface area contributed by atoms with Crippen LogP contribution in [0.15, 0.2) is 30.3 Å². The number of para-hydroxylation sites is 1. The Morgan fingerprint density at radius 3 is 2.35 bits per heavy atom. The quantitative estimate of drug-likeness (QED) is 0.695. The fourth-order valence-electron chi connectivity index (χ4n) is 2.40. The van der Waals surface area contributed by atoms with Crippen LogP contribution in [0.1, 0.15) is 27.8 Å². The number of benzene rings is 2. The molecule has 0 spiro atoms. The first-order valence-electron chi connectivity index (χ1n) is 6.55. The Morgan fingerprint density at radius 2 is 1.75 bits per heavy atom. The van der Waals surface area contributed by atoms with Crippen molar-refractivity contribution in [2.45, 2.75) is 32.7 Å². The summed E-state index contributed by atoms with van der Waals surface area (Å²) >= 11 is 3.36. The maximum Gasteiger partial charge on any atom is 0.165 e. The maximum atomic E-state index is 13.9. The van der Waals surface area contributed by atoms with Crippen LogP contribution in [0.3, 0.4) is 0 Å². The molecule has 0 aliphatic carbocycles. The molecular weight excluding hydrogens is 319 g/mol. The summed E-state index contributed by atoms with van der Waals surface area (Å²) in [6.45, 7) is 6.58. The lowest BCUT2D eigenvalue weighted by molar-refractivity contribution is 0.286. The van der Waals surface area contributed by atoms with Crippen molar-refractivity contribution in [1.29, 1.82) is 0 Å². The van der Waals surface area contributed by atoms with Gasteiger partial charge in [-0.3, -0.25) is 0 Å². The lowest BCUT2D eigenvalue weighted by Crippen LogP contribution is -2.04. The van der Waals surface area contributed by atoms with Crippen molar-refractivity contribution < 1.29 is 9.13 Å². The third-order valence-electron chi connectivity index (χ3n) is 3.39. The molecule has 0 heterocycles. The fourth-order valence-corrected chi connectivity index (χ4v) is 2.84. The van der Waals surface area contributed by atoms with Crippen molar-refractivity contribution in [2.75, 3.05) is 0 Å². The van der Waals surface area contributed by atoms with Gasteiger partial charge in [-0.25, -0.2) is 4.39 Å². The van der Waals surface area contributed by atoms with Gasteiger partial charge < -0.3 is 4.74 Å². The molecule has 3 heteroatoms. The number of hydrogen-bond acceptors (Lipinski definition) is 1. The SMILES string of the molecule is Cc1cc(C)c(COc2c(F)cccc2CBr)c(C)c1. The van der Waals surface area contributed by atoms with Crippen molar-refractivity contribution in [2.24, 2.45) is 0 Å². The average Bonchev–Trinajstić information content (AvgIpc) is 2.38. The van der Waals surface area contributed by atoms with Crippen LogP contribution in [-0.2, 0) is 11.9 Å². The normalized spacial score (nSPS) is 10.7. The molecule has 0 aliphatic rings. The number of alkyl halides is 1. The molecular formula is C17H18BrFO. The molecule has 0 saturated carbocycles. The van der Waals surface area contributed by atoms with Gasteiger partial charge in [-0.1, -0.05) is 45.8 Å². The van der Waals surface area contributed by atoms with Gasteiger partial charge in [0.15, 0.2) is 11.6 Å². The Hall–Kier alpha value is -1.35. The van der Waals surface area contributed by atoms with E-state index >= 15 is 0 Å². The van der Waals surface area contributed by atoms with E-state index in [1.165, 1.54) is 22.8 Å². The van der Waals surface area contributed by atoms with Gasteiger partial charge in [0.25, 0.3) is 0 Å². The molecule has 1 nitrogen and oxygen atoms in total. The first kappa shape index (κ1) is 15.0. The van der Waals surface area contributed by atoms with E-state index in [1.54, 1.807) is 6.07 Å². The lowest BCUT2D eigenvalue weighted by Gasteiger charge is -2.15. The summed E-state index contributed by atoms with van der Waals surface area (Å²) < 4.78 is 19.6. The Morgan fingerprint density at radius 1 is 1.10 bits per heavy atom. The minimum atomic E-state index is -0.315. The van der Waals surface area contributed by atoms with Crippen LogP contribution in [0.5, 0.6) is 5.75 Å². The van der Waals surface area contributed by atoms with Gasteiger partial charge >= 0.3 is 0 Å². The van der Waals surface area contributed by atoms with Crippen molar-refractivity contribution >= 4 is 15.9 Å². The van der Waals surface area contributed by atoms with Crippen LogP contribution < -0.4 is 4.74 Å². The summed E-state index contributed by atoms with van der Waals surface area (Å²) in [7, 11) is 0. The monoisotopic (exact) mass is 336 g/mol.